The van der Waals surface area contributed by atoms with E-state index in [-0.39, 0.29) is 13.1 Å². The fourth-order valence-corrected chi connectivity index (χ4v) is 2.93. The molecule has 0 unspecified atom stereocenters. The van der Waals surface area contributed by atoms with Crippen molar-refractivity contribution in [3.05, 3.63) is 15.9 Å². The second-order valence-electron chi connectivity index (χ2n) is 3.62. The van der Waals surface area contributed by atoms with Crippen molar-refractivity contribution < 1.29 is 18.9 Å². The second kappa shape index (κ2) is 5.20. The minimum Gasteiger partial charge on any atom is -0.494 e. The molecular formula is C9H9BBrNO4S. The summed E-state index contributed by atoms with van der Waals surface area (Å²) in [5, 5.41) is 1.83. The van der Waals surface area contributed by atoms with Gasteiger partial charge in [-0.1, -0.05) is 15.9 Å². The van der Waals surface area contributed by atoms with Crippen LogP contribution >= 0.6 is 27.3 Å². The summed E-state index contributed by atoms with van der Waals surface area (Å²) in [5.74, 6) is -0.824. The molecule has 90 valence electrons. The van der Waals surface area contributed by atoms with Crippen molar-refractivity contribution in [2.75, 3.05) is 20.1 Å². The maximum atomic E-state index is 11.5. The highest BCUT2D eigenvalue weighted by molar-refractivity contribution is 9.10. The lowest BCUT2D eigenvalue weighted by Crippen LogP contribution is -2.47. The number of likely N-dealkylation sites (N-methyl/N-ethyl adjacent to an activating group) is 1. The number of hydrogen-bond acceptors (Lipinski definition) is 6. The quantitative estimate of drug-likeness (QED) is 0.694. The smallest absolute Gasteiger partial charge is 0.494 e. The standard InChI is InChI=1S/C9H9BBrNO4S/c1-12-4-7(13)15-10(16-8(14)5-12)9-6(11)2-3-17-9/h2-3H,4-5H2,1H3. The van der Waals surface area contributed by atoms with Crippen LogP contribution in [0, 0.1) is 0 Å². The molecule has 0 spiro atoms. The van der Waals surface area contributed by atoms with Crippen molar-refractivity contribution in [1.82, 2.24) is 4.90 Å². The number of rotatable bonds is 1. The fraction of sp³-hybridized carbons (Fsp3) is 0.333. The molecule has 1 aliphatic heterocycles. The van der Waals surface area contributed by atoms with Gasteiger partial charge in [0.15, 0.2) is 0 Å². The highest BCUT2D eigenvalue weighted by atomic mass is 79.9. The Bertz CT molecular complexity index is 432. The molecule has 8 heteroatoms. The van der Waals surface area contributed by atoms with Crippen LogP contribution in [0.4, 0.5) is 0 Å². The Kier molecular flexibility index (Phi) is 3.85. The summed E-state index contributed by atoms with van der Waals surface area (Å²) in [6, 6.07) is 1.81. The molecule has 0 aliphatic carbocycles. The first-order valence-electron chi connectivity index (χ1n) is 4.86. The maximum Gasteiger partial charge on any atom is 0.648 e. The van der Waals surface area contributed by atoms with Gasteiger partial charge in [0.1, 0.15) is 0 Å². The predicted octanol–water partition coefficient (Wildman–Crippen LogP) is 0.238. The number of thiophene rings is 1. The predicted molar refractivity (Wildman–Crippen MR) is 67.1 cm³/mol. The first-order chi connectivity index (χ1) is 8.06. The number of carbonyl (C=O) groups excluding carboxylic acids is 2. The number of carbonyl (C=O) groups is 2. The average Bonchev–Trinajstić information content (AvgIpc) is 2.60. The molecule has 0 radical (unpaired) electrons. The van der Waals surface area contributed by atoms with Crippen molar-refractivity contribution in [1.29, 1.82) is 0 Å². The lowest BCUT2D eigenvalue weighted by Gasteiger charge is -2.22. The van der Waals surface area contributed by atoms with Crippen LogP contribution < -0.4 is 4.78 Å². The SMILES string of the molecule is CN1CC(=O)OB(c2sccc2Br)OC(=O)C1. The normalized spacial score (nSPS) is 18.4. The van der Waals surface area contributed by atoms with Crippen LogP contribution in [0.15, 0.2) is 15.9 Å². The number of halogens is 1. The Balaban J connectivity index is 2.19. The third-order valence-corrected chi connectivity index (χ3v) is 4.03. The first-order valence-corrected chi connectivity index (χ1v) is 6.54. The van der Waals surface area contributed by atoms with Gasteiger partial charge in [0.2, 0.25) is 0 Å². The van der Waals surface area contributed by atoms with E-state index >= 15 is 0 Å². The summed E-state index contributed by atoms with van der Waals surface area (Å²) >= 11 is 4.68. The molecule has 17 heavy (non-hydrogen) atoms. The fourth-order valence-electron chi connectivity index (χ4n) is 1.41. The Morgan fingerprint density at radius 1 is 1.35 bits per heavy atom. The number of hydrogen-bond donors (Lipinski definition) is 0. The summed E-state index contributed by atoms with van der Waals surface area (Å²) in [6.45, 7) is 0.156. The van der Waals surface area contributed by atoms with Gasteiger partial charge in [0.05, 0.1) is 17.9 Å². The summed E-state index contributed by atoms with van der Waals surface area (Å²) < 4.78 is 11.7. The molecule has 0 amide bonds. The molecule has 5 nitrogen and oxygen atoms in total. The molecule has 2 heterocycles. The average molecular weight is 318 g/mol. The Morgan fingerprint density at radius 2 is 1.94 bits per heavy atom. The van der Waals surface area contributed by atoms with E-state index in [1.807, 2.05) is 11.4 Å². The van der Waals surface area contributed by atoms with E-state index in [0.717, 1.165) is 4.47 Å². The van der Waals surface area contributed by atoms with Gasteiger partial charge in [0, 0.05) is 4.47 Å². The van der Waals surface area contributed by atoms with Crippen molar-refractivity contribution in [3.8, 4) is 0 Å². The minimum atomic E-state index is -0.946. The maximum absolute atomic E-state index is 11.5. The van der Waals surface area contributed by atoms with Gasteiger partial charge in [-0.3, -0.25) is 14.5 Å². The minimum absolute atomic E-state index is 0.0780. The van der Waals surface area contributed by atoms with E-state index in [9.17, 15) is 9.59 Å². The van der Waals surface area contributed by atoms with Crippen LogP contribution in [0.1, 0.15) is 0 Å². The zero-order valence-corrected chi connectivity index (χ0v) is 11.4. The van der Waals surface area contributed by atoms with Crippen LogP contribution in [0.2, 0.25) is 0 Å². The zero-order chi connectivity index (χ0) is 12.4. The number of nitrogens with zero attached hydrogens (tertiary/aromatic N) is 1. The van der Waals surface area contributed by atoms with Crippen LogP contribution in [-0.4, -0.2) is 44.1 Å². The second-order valence-corrected chi connectivity index (χ2v) is 5.42. The van der Waals surface area contributed by atoms with Crippen molar-refractivity contribution in [2.24, 2.45) is 0 Å². The van der Waals surface area contributed by atoms with E-state index in [4.69, 9.17) is 9.31 Å². The van der Waals surface area contributed by atoms with Crippen LogP contribution in [0.5, 0.6) is 0 Å². The summed E-state index contributed by atoms with van der Waals surface area (Å²) in [6.07, 6.45) is 0. The molecule has 0 atom stereocenters. The molecule has 1 saturated heterocycles. The topological polar surface area (TPSA) is 55.8 Å². The van der Waals surface area contributed by atoms with Gasteiger partial charge in [-0.05, 0) is 18.5 Å². The van der Waals surface area contributed by atoms with E-state index in [2.05, 4.69) is 15.9 Å². The lowest BCUT2D eigenvalue weighted by atomic mass is 9.87. The Labute approximate surface area is 111 Å². The van der Waals surface area contributed by atoms with Gasteiger partial charge in [-0.2, -0.15) is 0 Å². The molecule has 1 fully saturated rings. The monoisotopic (exact) mass is 317 g/mol. The van der Waals surface area contributed by atoms with Gasteiger partial charge in [-0.25, -0.2) is 0 Å². The van der Waals surface area contributed by atoms with Gasteiger partial charge < -0.3 is 9.31 Å². The van der Waals surface area contributed by atoms with Crippen molar-refractivity contribution in [3.63, 3.8) is 0 Å². The van der Waals surface area contributed by atoms with Crippen LogP contribution in [-0.2, 0) is 18.9 Å². The van der Waals surface area contributed by atoms with Gasteiger partial charge in [-0.15, -0.1) is 11.3 Å². The van der Waals surface area contributed by atoms with E-state index in [1.54, 1.807) is 11.9 Å². The molecule has 0 bridgehead atoms. The molecule has 1 aromatic heterocycles. The van der Waals surface area contributed by atoms with Gasteiger partial charge >= 0.3 is 19.1 Å². The van der Waals surface area contributed by atoms with Crippen molar-refractivity contribution >= 4 is 51.1 Å². The Morgan fingerprint density at radius 3 is 2.41 bits per heavy atom. The van der Waals surface area contributed by atoms with Crippen LogP contribution in [0.25, 0.3) is 0 Å². The molecular weight excluding hydrogens is 309 g/mol. The summed E-state index contributed by atoms with van der Waals surface area (Å²) in [7, 11) is 0.710. The summed E-state index contributed by atoms with van der Waals surface area (Å²) in [5.41, 5.74) is 0. The molecule has 2 rings (SSSR count). The first kappa shape index (κ1) is 12.6. The largest absolute Gasteiger partial charge is 0.648 e. The van der Waals surface area contributed by atoms with Gasteiger partial charge in [0.25, 0.3) is 0 Å². The molecule has 0 N–H and O–H groups in total. The van der Waals surface area contributed by atoms with Crippen molar-refractivity contribution in [2.45, 2.75) is 0 Å². The highest BCUT2D eigenvalue weighted by Crippen LogP contribution is 2.14. The molecule has 1 aromatic rings. The lowest BCUT2D eigenvalue weighted by molar-refractivity contribution is -0.145. The van der Waals surface area contributed by atoms with E-state index < -0.39 is 19.1 Å². The zero-order valence-electron chi connectivity index (χ0n) is 9.01. The molecule has 0 aromatic carbocycles. The van der Waals surface area contributed by atoms with E-state index in [1.165, 1.54) is 11.3 Å². The van der Waals surface area contributed by atoms with Crippen LogP contribution in [0.3, 0.4) is 0 Å². The molecule has 1 aliphatic rings. The highest BCUT2D eigenvalue weighted by Gasteiger charge is 2.36. The third-order valence-electron chi connectivity index (χ3n) is 2.13. The third kappa shape index (κ3) is 3.08. The summed E-state index contributed by atoms with van der Waals surface area (Å²) in [4.78, 5) is 24.6. The van der Waals surface area contributed by atoms with E-state index in [0.29, 0.717) is 4.78 Å². The Hall–Kier alpha value is -0.855. The molecule has 0 saturated carbocycles.